The molecule has 1 N–H and O–H groups in total. The van der Waals surface area contributed by atoms with E-state index < -0.39 is 0 Å². The second-order valence-electron chi connectivity index (χ2n) is 5.78. The molecule has 0 radical (unpaired) electrons. The zero-order chi connectivity index (χ0) is 15.8. The van der Waals surface area contributed by atoms with Crippen LogP contribution in [-0.4, -0.2) is 11.9 Å². The van der Waals surface area contributed by atoms with Crippen LogP contribution in [0.15, 0.2) is 47.6 Å². The van der Waals surface area contributed by atoms with Gasteiger partial charge in [-0.25, -0.2) is 0 Å². The summed E-state index contributed by atoms with van der Waals surface area (Å²) in [4.78, 5) is 12.2. The van der Waals surface area contributed by atoms with Gasteiger partial charge in [0.1, 0.15) is 11.6 Å². The van der Waals surface area contributed by atoms with Crippen LogP contribution in [0.25, 0.3) is 6.08 Å². The molecule has 2 rings (SSSR count). The standard InChI is InChI=1S/C19H22N2O/c1-15(12-16-8-4-2-5-9-16)13-17(14-20)19(22)21-18-10-6-3-7-11-18/h2,4-5,8-9,12-13,18H,3,6-7,10-11H2,1H3,(H,21,22)/b15-12+,17-13+. The lowest BCUT2D eigenvalue weighted by molar-refractivity contribution is -0.118. The Hall–Kier alpha value is -2.34. The molecule has 0 unspecified atom stereocenters. The molecular weight excluding hydrogens is 272 g/mol. The molecule has 114 valence electrons. The minimum absolute atomic E-state index is 0.176. The number of carbonyl (C=O) groups excluding carboxylic acids is 1. The summed E-state index contributed by atoms with van der Waals surface area (Å²) in [6, 6.07) is 12.1. The van der Waals surface area contributed by atoms with E-state index in [1.165, 1.54) is 6.42 Å². The van der Waals surface area contributed by atoms with Crippen LogP contribution < -0.4 is 5.32 Å². The van der Waals surface area contributed by atoms with Crippen LogP contribution in [0, 0.1) is 11.3 Å². The summed E-state index contributed by atoms with van der Waals surface area (Å²) >= 11 is 0. The Morgan fingerprint density at radius 3 is 2.55 bits per heavy atom. The number of nitrogens with one attached hydrogen (secondary N) is 1. The van der Waals surface area contributed by atoms with Crippen LogP contribution in [0.1, 0.15) is 44.6 Å². The molecule has 22 heavy (non-hydrogen) atoms. The number of benzene rings is 1. The van der Waals surface area contributed by atoms with Gasteiger partial charge in [0, 0.05) is 6.04 Å². The van der Waals surface area contributed by atoms with Crippen LogP contribution in [-0.2, 0) is 4.79 Å². The monoisotopic (exact) mass is 294 g/mol. The lowest BCUT2D eigenvalue weighted by Gasteiger charge is -2.22. The third kappa shape index (κ3) is 4.89. The van der Waals surface area contributed by atoms with Crippen molar-refractivity contribution in [3.05, 3.63) is 53.1 Å². The van der Waals surface area contributed by atoms with Crippen molar-refractivity contribution in [1.82, 2.24) is 5.32 Å². The van der Waals surface area contributed by atoms with E-state index in [0.29, 0.717) is 0 Å². The Balaban J connectivity index is 2.04. The normalized spacial score (nSPS) is 16.9. The van der Waals surface area contributed by atoms with Crippen molar-refractivity contribution < 1.29 is 4.79 Å². The van der Waals surface area contributed by atoms with Gasteiger partial charge in [0.2, 0.25) is 0 Å². The Morgan fingerprint density at radius 2 is 1.91 bits per heavy atom. The highest BCUT2D eigenvalue weighted by Gasteiger charge is 2.17. The van der Waals surface area contributed by atoms with E-state index in [9.17, 15) is 10.1 Å². The molecule has 0 heterocycles. The van der Waals surface area contributed by atoms with Gasteiger partial charge in [0.05, 0.1) is 0 Å². The molecule has 0 saturated heterocycles. The summed E-state index contributed by atoms with van der Waals surface area (Å²) in [5, 5.41) is 12.2. The maximum absolute atomic E-state index is 12.2. The summed E-state index contributed by atoms with van der Waals surface area (Å²) in [6.07, 6.45) is 9.21. The molecule has 0 aliphatic heterocycles. The molecule has 0 aromatic heterocycles. The molecule has 1 aliphatic rings. The van der Waals surface area contributed by atoms with Crippen LogP contribution >= 0.6 is 0 Å². The lowest BCUT2D eigenvalue weighted by Crippen LogP contribution is -2.36. The fourth-order valence-corrected chi connectivity index (χ4v) is 2.74. The predicted octanol–water partition coefficient (Wildman–Crippen LogP) is 3.99. The molecule has 3 heteroatoms. The molecule has 3 nitrogen and oxygen atoms in total. The number of carbonyl (C=O) groups is 1. The number of hydrogen-bond acceptors (Lipinski definition) is 2. The first-order valence-electron chi connectivity index (χ1n) is 7.85. The molecule has 0 spiro atoms. The molecule has 1 aromatic rings. The molecule has 1 saturated carbocycles. The highest BCUT2D eigenvalue weighted by atomic mass is 16.1. The fraction of sp³-hybridized carbons (Fsp3) is 0.368. The molecule has 1 aromatic carbocycles. The minimum atomic E-state index is -0.254. The average molecular weight is 294 g/mol. The van der Waals surface area contributed by atoms with Gasteiger partial charge in [0.15, 0.2) is 0 Å². The number of rotatable bonds is 4. The largest absolute Gasteiger partial charge is 0.349 e. The zero-order valence-corrected chi connectivity index (χ0v) is 13.0. The van der Waals surface area contributed by atoms with Crippen LogP contribution in [0.3, 0.4) is 0 Å². The van der Waals surface area contributed by atoms with E-state index >= 15 is 0 Å². The molecule has 1 aliphatic carbocycles. The number of hydrogen-bond donors (Lipinski definition) is 1. The van der Waals surface area contributed by atoms with Crippen LogP contribution in [0.4, 0.5) is 0 Å². The van der Waals surface area contributed by atoms with Gasteiger partial charge in [-0.15, -0.1) is 0 Å². The highest BCUT2D eigenvalue weighted by Crippen LogP contribution is 2.18. The molecule has 1 fully saturated rings. The maximum atomic E-state index is 12.2. The van der Waals surface area contributed by atoms with Crippen molar-refractivity contribution in [2.75, 3.05) is 0 Å². The lowest BCUT2D eigenvalue weighted by atomic mass is 9.95. The fourth-order valence-electron chi connectivity index (χ4n) is 2.74. The summed E-state index contributed by atoms with van der Waals surface area (Å²) in [5.74, 6) is -0.254. The Bertz CT molecular complexity index is 602. The van der Waals surface area contributed by atoms with Crippen molar-refractivity contribution in [2.24, 2.45) is 0 Å². The minimum Gasteiger partial charge on any atom is -0.349 e. The zero-order valence-electron chi connectivity index (χ0n) is 13.0. The smallest absolute Gasteiger partial charge is 0.262 e. The average Bonchev–Trinajstić information content (AvgIpc) is 2.54. The Morgan fingerprint density at radius 1 is 1.23 bits per heavy atom. The van der Waals surface area contributed by atoms with Gasteiger partial charge in [-0.1, -0.05) is 55.7 Å². The van der Waals surface area contributed by atoms with Gasteiger partial charge >= 0.3 is 0 Å². The number of allylic oxidation sites excluding steroid dienone is 2. The SMILES string of the molecule is CC(=C\c1ccccc1)/C=C(\C#N)C(=O)NC1CCCCC1. The van der Waals surface area contributed by atoms with E-state index in [-0.39, 0.29) is 17.5 Å². The summed E-state index contributed by atoms with van der Waals surface area (Å²) in [5.41, 5.74) is 2.12. The number of nitrogens with zero attached hydrogens (tertiary/aromatic N) is 1. The third-order valence-corrected chi connectivity index (χ3v) is 3.87. The molecular formula is C19H22N2O. The van der Waals surface area contributed by atoms with E-state index in [1.54, 1.807) is 6.08 Å². The predicted molar refractivity (Wildman–Crippen MR) is 88.8 cm³/mol. The number of amides is 1. The Kier molecular flexibility index (Phi) is 5.97. The Labute approximate surface area is 132 Å². The van der Waals surface area contributed by atoms with Crippen molar-refractivity contribution >= 4 is 12.0 Å². The van der Waals surface area contributed by atoms with Gasteiger partial charge in [-0.3, -0.25) is 4.79 Å². The first-order valence-corrected chi connectivity index (χ1v) is 7.85. The van der Waals surface area contributed by atoms with Crippen molar-refractivity contribution in [1.29, 1.82) is 5.26 Å². The van der Waals surface area contributed by atoms with Gasteiger partial charge < -0.3 is 5.32 Å². The van der Waals surface area contributed by atoms with Crippen LogP contribution in [0.5, 0.6) is 0 Å². The van der Waals surface area contributed by atoms with E-state index in [1.807, 2.05) is 49.4 Å². The van der Waals surface area contributed by atoms with E-state index in [2.05, 4.69) is 5.32 Å². The van der Waals surface area contributed by atoms with Crippen molar-refractivity contribution in [3.63, 3.8) is 0 Å². The number of nitriles is 1. The highest BCUT2D eigenvalue weighted by molar-refractivity contribution is 5.98. The molecule has 0 atom stereocenters. The van der Waals surface area contributed by atoms with Gasteiger partial charge in [-0.2, -0.15) is 5.26 Å². The second-order valence-corrected chi connectivity index (χ2v) is 5.78. The maximum Gasteiger partial charge on any atom is 0.262 e. The second kappa shape index (κ2) is 8.19. The van der Waals surface area contributed by atoms with E-state index in [4.69, 9.17) is 0 Å². The van der Waals surface area contributed by atoms with Gasteiger partial charge in [-0.05, 0) is 37.0 Å². The molecule has 0 bridgehead atoms. The first-order chi connectivity index (χ1) is 10.7. The van der Waals surface area contributed by atoms with Crippen molar-refractivity contribution in [2.45, 2.75) is 45.1 Å². The molecule has 1 amide bonds. The van der Waals surface area contributed by atoms with Crippen molar-refractivity contribution in [3.8, 4) is 6.07 Å². The summed E-state index contributed by atoms with van der Waals surface area (Å²) in [6.45, 7) is 1.90. The quantitative estimate of drug-likeness (QED) is 0.518. The first kappa shape index (κ1) is 16.0. The topological polar surface area (TPSA) is 52.9 Å². The summed E-state index contributed by atoms with van der Waals surface area (Å²) < 4.78 is 0. The third-order valence-electron chi connectivity index (χ3n) is 3.87. The summed E-state index contributed by atoms with van der Waals surface area (Å²) in [7, 11) is 0. The van der Waals surface area contributed by atoms with Gasteiger partial charge in [0.25, 0.3) is 5.91 Å². The van der Waals surface area contributed by atoms with Crippen LogP contribution in [0.2, 0.25) is 0 Å². The van der Waals surface area contributed by atoms with E-state index in [0.717, 1.165) is 36.8 Å².